The second kappa shape index (κ2) is 12.0. The molecule has 1 aromatic rings. The van der Waals surface area contributed by atoms with Gasteiger partial charge in [0.15, 0.2) is 5.96 Å². The molecule has 2 heterocycles. The summed E-state index contributed by atoms with van der Waals surface area (Å²) >= 11 is 0. The number of aliphatic imine (C=N–C) groups is 1. The van der Waals surface area contributed by atoms with E-state index in [1.165, 1.54) is 7.11 Å². The minimum atomic E-state index is -0.247. The lowest BCUT2D eigenvalue weighted by atomic mass is 10.1. The molecule has 0 unspecified atom stereocenters. The number of carbonyl (C=O) groups excluding carboxylic acids is 1. The first kappa shape index (κ1) is 22.6. The summed E-state index contributed by atoms with van der Waals surface area (Å²) in [6, 6.07) is 4.18. The molecule has 7 nitrogen and oxygen atoms in total. The maximum Gasteiger partial charge on any atom is 0.409 e. The van der Waals surface area contributed by atoms with Gasteiger partial charge in [0.05, 0.1) is 13.4 Å². The Labute approximate surface area is 173 Å². The van der Waals surface area contributed by atoms with Gasteiger partial charge in [0.25, 0.3) is 0 Å². The van der Waals surface area contributed by atoms with Crippen molar-refractivity contribution in [3.8, 4) is 0 Å². The second-order valence-corrected chi connectivity index (χ2v) is 6.71. The minimum absolute atomic E-state index is 0. The lowest BCUT2D eigenvalue weighted by molar-refractivity contribution is 0.111. The lowest BCUT2D eigenvalue weighted by Crippen LogP contribution is -2.50. The van der Waals surface area contributed by atoms with Crippen LogP contribution in [0.3, 0.4) is 0 Å². The third-order valence-electron chi connectivity index (χ3n) is 4.13. The Morgan fingerprint density at radius 3 is 2.73 bits per heavy atom. The molecule has 0 aliphatic carbocycles. The standard InChI is InChI=1S/C18H30N4O3.HI/c1-14(2)13-20-17(19-9-6-16-5-4-12-25-16)21-15-7-10-22(11-8-15)18(23)24-3;/h4-5,12,14-15H,6-11,13H2,1-3H3,(H2,19,20,21);1H. The van der Waals surface area contributed by atoms with Crippen molar-refractivity contribution in [2.24, 2.45) is 10.9 Å². The van der Waals surface area contributed by atoms with Gasteiger partial charge in [-0.25, -0.2) is 4.79 Å². The first-order valence-electron chi connectivity index (χ1n) is 8.98. The number of rotatable bonds is 6. The van der Waals surface area contributed by atoms with E-state index < -0.39 is 0 Å². The summed E-state index contributed by atoms with van der Waals surface area (Å²) in [6.45, 7) is 7.25. The molecule has 8 heteroatoms. The predicted molar refractivity (Wildman–Crippen MR) is 113 cm³/mol. The van der Waals surface area contributed by atoms with Crippen LogP contribution in [0.1, 0.15) is 32.4 Å². The summed E-state index contributed by atoms with van der Waals surface area (Å²) in [4.78, 5) is 18.0. The summed E-state index contributed by atoms with van der Waals surface area (Å²) in [5, 5.41) is 6.88. The number of nitrogens with zero attached hydrogens (tertiary/aromatic N) is 2. The molecule has 1 aliphatic heterocycles. The molecule has 1 aliphatic rings. The summed E-state index contributed by atoms with van der Waals surface area (Å²) in [5.41, 5.74) is 0. The van der Waals surface area contributed by atoms with Crippen LogP contribution in [0.4, 0.5) is 4.79 Å². The summed E-state index contributed by atoms with van der Waals surface area (Å²) in [7, 11) is 1.42. The van der Waals surface area contributed by atoms with Gasteiger partial charge in [-0.15, -0.1) is 24.0 Å². The van der Waals surface area contributed by atoms with Gasteiger partial charge in [-0.1, -0.05) is 13.8 Å². The number of piperidine rings is 1. The molecule has 1 aromatic heterocycles. The van der Waals surface area contributed by atoms with E-state index in [1.54, 1.807) is 11.2 Å². The largest absolute Gasteiger partial charge is 0.469 e. The van der Waals surface area contributed by atoms with Crippen LogP contribution in [-0.4, -0.2) is 56.3 Å². The lowest BCUT2D eigenvalue weighted by Gasteiger charge is -2.32. The maximum absolute atomic E-state index is 11.6. The molecular formula is C18H31IN4O3. The van der Waals surface area contributed by atoms with Crippen molar-refractivity contribution in [1.29, 1.82) is 0 Å². The van der Waals surface area contributed by atoms with Gasteiger partial charge in [0.1, 0.15) is 5.76 Å². The Morgan fingerprint density at radius 1 is 1.42 bits per heavy atom. The van der Waals surface area contributed by atoms with E-state index in [-0.39, 0.29) is 30.1 Å². The Kier molecular flexibility index (Phi) is 10.5. The van der Waals surface area contributed by atoms with Crippen LogP contribution in [0, 0.1) is 5.92 Å². The van der Waals surface area contributed by atoms with E-state index in [1.807, 2.05) is 12.1 Å². The van der Waals surface area contributed by atoms with Crippen molar-refractivity contribution in [2.45, 2.75) is 39.2 Å². The van der Waals surface area contributed by atoms with Gasteiger partial charge in [-0.3, -0.25) is 4.99 Å². The molecule has 0 spiro atoms. The zero-order valence-corrected chi connectivity index (χ0v) is 18.2. The van der Waals surface area contributed by atoms with Crippen molar-refractivity contribution in [3.05, 3.63) is 24.2 Å². The number of nitrogens with one attached hydrogen (secondary N) is 2. The van der Waals surface area contributed by atoms with Crippen molar-refractivity contribution in [3.63, 3.8) is 0 Å². The van der Waals surface area contributed by atoms with Crippen LogP contribution < -0.4 is 10.6 Å². The zero-order valence-electron chi connectivity index (χ0n) is 15.9. The highest BCUT2D eigenvalue weighted by Gasteiger charge is 2.23. The summed E-state index contributed by atoms with van der Waals surface area (Å²) in [5.74, 6) is 2.30. The number of carbonyl (C=O) groups is 1. The average molecular weight is 478 g/mol. The fourth-order valence-corrected chi connectivity index (χ4v) is 2.71. The highest BCUT2D eigenvalue weighted by atomic mass is 127. The van der Waals surface area contributed by atoms with Crippen molar-refractivity contribution >= 4 is 36.0 Å². The third-order valence-corrected chi connectivity index (χ3v) is 4.13. The van der Waals surface area contributed by atoms with Crippen molar-refractivity contribution < 1.29 is 13.9 Å². The van der Waals surface area contributed by atoms with Gasteiger partial charge >= 0.3 is 6.09 Å². The quantitative estimate of drug-likeness (QED) is 0.374. The number of halogens is 1. The number of ether oxygens (including phenoxy) is 1. The number of amides is 1. The van der Waals surface area contributed by atoms with E-state index in [9.17, 15) is 4.79 Å². The van der Waals surface area contributed by atoms with E-state index in [4.69, 9.17) is 9.15 Å². The van der Waals surface area contributed by atoms with Gasteiger partial charge < -0.3 is 24.7 Å². The Bertz CT molecular complexity index is 541. The fraction of sp³-hybridized carbons (Fsp3) is 0.667. The minimum Gasteiger partial charge on any atom is -0.469 e. The number of furan rings is 1. The predicted octanol–water partition coefficient (Wildman–Crippen LogP) is 2.86. The first-order valence-corrected chi connectivity index (χ1v) is 8.98. The van der Waals surface area contributed by atoms with Gasteiger partial charge in [-0.05, 0) is 30.9 Å². The molecule has 1 amide bonds. The molecule has 0 atom stereocenters. The Balaban J connectivity index is 0.00000338. The first-order chi connectivity index (χ1) is 12.1. The zero-order chi connectivity index (χ0) is 18.1. The summed E-state index contributed by atoms with van der Waals surface area (Å²) in [6.07, 6.45) is 4.03. The van der Waals surface area contributed by atoms with Crippen LogP contribution in [0.25, 0.3) is 0 Å². The highest BCUT2D eigenvalue weighted by molar-refractivity contribution is 14.0. The molecule has 1 saturated heterocycles. The maximum atomic E-state index is 11.6. The molecule has 0 saturated carbocycles. The number of methoxy groups -OCH3 is 1. The van der Waals surface area contributed by atoms with Crippen LogP contribution >= 0.6 is 24.0 Å². The van der Waals surface area contributed by atoms with Gasteiger partial charge in [0, 0.05) is 38.6 Å². The van der Waals surface area contributed by atoms with E-state index in [2.05, 4.69) is 29.5 Å². The summed E-state index contributed by atoms with van der Waals surface area (Å²) < 4.78 is 10.1. The van der Waals surface area contributed by atoms with Crippen LogP contribution in [0.5, 0.6) is 0 Å². The van der Waals surface area contributed by atoms with Crippen LogP contribution in [-0.2, 0) is 11.2 Å². The number of hydrogen-bond donors (Lipinski definition) is 2. The Hall–Kier alpha value is -1.45. The van der Waals surface area contributed by atoms with Crippen LogP contribution in [0.15, 0.2) is 27.8 Å². The molecule has 1 fully saturated rings. The molecule has 2 rings (SSSR count). The molecule has 0 aromatic carbocycles. The fourth-order valence-electron chi connectivity index (χ4n) is 2.71. The van der Waals surface area contributed by atoms with Crippen LogP contribution in [0.2, 0.25) is 0 Å². The van der Waals surface area contributed by atoms with Crippen molar-refractivity contribution in [2.75, 3.05) is 33.3 Å². The van der Waals surface area contributed by atoms with Gasteiger partial charge in [0.2, 0.25) is 0 Å². The van der Waals surface area contributed by atoms with E-state index >= 15 is 0 Å². The number of guanidine groups is 1. The van der Waals surface area contributed by atoms with Gasteiger partial charge in [-0.2, -0.15) is 0 Å². The number of hydrogen-bond acceptors (Lipinski definition) is 4. The second-order valence-electron chi connectivity index (χ2n) is 6.71. The highest BCUT2D eigenvalue weighted by Crippen LogP contribution is 2.11. The topological polar surface area (TPSA) is 79.1 Å². The molecule has 2 N–H and O–H groups in total. The third kappa shape index (κ3) is 7.84. The molecule has 26 heavy (non-hydrogen) atoms. The molecular weight excluding hydrogens is 447 g/mol. The monoisotopic (exact) mass is 478 g/mol. The van der Waals surface area contributed by atoms with Crippen molar-refractivity contribution in [1.82, 2.24) is 15.5 Å². The smallest absolute Gasteiger partial charge is 0.409 e. The molecule has 0 bridgehead atoms. The average Bonchev–Trinajstić information content (AvgIpc) is 3.12. The molecule has 148 valence electrons. The number of likely N-dealkylation sites (tertiary alicyclic amines) is 1. The molecule has 0 radical (unpaired) electrons. The van der Waals surface area contributed by atoms with E-state index in [0.29, 0.717) is 25.0 Å². The van der Waals surface area contributed by atoms with E-state index in [0.717, 1.165) is 44.1 Å². The Morgan fingerprint density at radius 2 is 2.15 bits per heavy atom. The normalized spacial score (nSPS) is 15.5. The SMILES string of the molecule is COC(=O)N1CCC(NC(=NCC(C)C)NCCc2ccco2)CC1.I.